The quantitative estimate of drug-likeness (QED) is 0.600. The van der Waals surface area contributed by atoms with Gasteiger partial charge in [0.1, 0.15) is 5.75 Å². The van der Waals surface area contributed by atoms with Crippen molar-refractivity contribution in [1.82, 2.24) is 15.1 Å². The molecule has 0 saturated carbocycles. The summed E-state index contributed by atoms with van der Waals surface area (Å²) in [6, 6.07) is 8.67. The number of hydrogen-bond donors (Lipinski definition) is 1. The molecule has 2 aliphatic heterocycles. The van der Waals surface area contributed by atoms with Crippen molar-refractivity contribution in [3.05, 3.63) is 29.8 Å². The topological polar surface area (TPSA) is 49.3 Å². The van der Waals surface area contributed by atoms with E-state index >= 15 is 0 Å². The Labute approximate surface area is 169 Å². The molecule has 2 aliphatic rings. The molecule has 0 bridgehead atoms. The van der Waals surface area contributed by atoms with Crippen molar-refractivity contribution in [3.8, 4) is 5.75 Å². The van der Waals surface area contributed by atoms with Gasteiger partial charge in [0.15, 0.2) is 5.96 Å². The Kier molecular flexibility index (Phi) is 7.18. The van der Waals surface area contributed by atoms with Crippen molar-refractivity contribution in [2.75, 3.05) is 59.6 Å². The highest BCUT2D eigenvalue weighted by molar-refractivity contribution is 5.80. The zero-order valence-corrected chi connectivity index (χ0v) is 17.9. The van der Waals surface area contributed by atoms with Gasteiger partial charge < -0.3 is 19.7 Å². The first-order chi connectivity index (χ1) is 13.5. The van der Waals surface area contributed by atoms with Crippen LogP contribution >= 0.6 is 0 Å². The minimum Gasteiger partial charge on any atom is -0.497 e. The van der Waals surface area contributed by atoms with Gasteiger partial charge >= 0.3 is 0 Å². The number of methoxy groups -OCH3 is 1. The monoisotopic (exact) mass is 388 g/mol. The molecule has 1 aromatic rings. The maximum Gasteiger partial charge on any atom is 0.194 e. The van der Waals surface area contributed by atoms with Crippen LogP contribution in [-0.4, -0.2) is 75.4 Å². The lowest BCUT2D eigenvalue weighted by Gasteiger charge is -2.34. The van der Waals surface area contributed by atoms with Crippen LogP contribution in [0, 0.1) is 5.41 Å². The second-order valence-electron chi connectivity index (χ2n) is 8.47. The van der Waals surface area contributed by atoms with Crippen LogP contribution in [0.2, 0.25) is 0 Å². The minimum atomic E-state index is 0.249. The molecule has 1 N–H and O–H groups in total. The molecule has 0 spiro atoms. The lowest BCUT2D eigenvalue weighted by atomic mass is 9.93. The van der Waals surface area contributed by atoms with Crippen molar-refractivity contribution in [2.24, 2.45) is 10.4 Å². The first kappa shape index (κ1) is 20.9. The fourth-order valence-corrected chi connectivity index (χ4v) is 4.04. The van der Waals surface area contributed by atoms with Gasteiger partial charge in [-0.15, -0.1) is 0 Å². The van der Waals surface area contributed by atoms with Gasteiger partial charge in [-0.3, -0.25) is 9.89 Å². The fourth-order valence-electron chi connectivity index (χ4n) is 4.04. The van der Waals surface area contributed by atoms with E-state index in [-0.39, 0.29) is 6.04 Å². The maximum atomic E-state index is 5.57. The van der Waals surface area contributed by atoms with Crippen LogP contribution in [0.1, 0.15) is 38.8 Å². The summed E-state index contributed by atoms with van der Waals surface area (Å²) in [5.74, 6) is 1.93. The number of nitrogens with zero attached hydrogens (tertiary/aromatic N) is 3. The molecule has 0 aromatic heterocycles. The number of nitrogens with one attached hydrogen (secondary N) is 1. The summed E-state index contributed by atoms with van der Waals surface area (Å²) in [4.78, 5) is 9.98. The molecule has 0 radical (unpaired) electrons. The molecule has 6 heteroatoms. The van der Waals surface area contributed by atoms with Crippen LogP contribution in [0.25, 0.3) is 0 Å². The molecule has 156 valence electrons. The van der Waals surface area contributed by atoms with Crippen molar-refractivity contribution >= 4 is 5.96 Å². The number of benzene rings is 1. The van der Waals surface area contributed by atoms with E-state index < -0.39 is 0 Å². The Hall–Kier alpha value is -1.79. The van der Waals surface area contributed by atoms with Crippen LogP contribution in [-0.2, 0) is 4.74 Å². The van der Waals surface area contributed by atoms with Crippen LogP contribution in [0.15, 0.2) is 29.3 Å². The summed E-state index contributed by atoms with van der Waals surface area (Å²) in [6.07, 6.45) is 1.21. The number of morpholine rings is 1. The number of hydrogen-bond acceptors (Lipinski definition) is 4. The Morgan fingerprint density at radius 2 is 1.93 bits per heavy atom. The highest BCUT2D eigenvalue weighted by Crippen LogP contribution is 2.29. The second kappa shape index (κ2) is 9.61. The number of guanidine groups is 1. The van der Waals surface area contributed by atoms with Crippen molar-refractivity contribution in [3.63, 3.8) is 0 Å². The van der Waals surface area contributed by atoms with Gasteiger partial charge in [0.25, 0.3) is 0 Å². The maximum absolute atomic E-state index is 5.57. The highest BCUT2D eigenvalue weighted by atomic mass is 16.5. The highest BCUT2D eigenvalue weighted by Gasteiger charge is 2.31. The van der Waals surface area contributed by atoms with E-state index in [4.69, 9.17) is 14.5 Å². The van der Waals surface area contributed by atoms with E-state index in [0.29, 0.717) is 5.41 Å². The summed E-state index contributed by atoms with van der Waals surface area (Å²) in [6.45, 7) is 14.0. The van der Waals surface area contributed by atoms with Gasteiger partial charge in [-0.2, -0.15) is 0 Å². The molecule has 3 rings (SSSR count). The van der Waals surface area contributed by atoms with E-state index in [1.54, 1.807) is 7.11 Å². The molecule has 2 saturated heterocycles. The molecule has 0 aliphatic carbocycles. The Bertz CT molecular complexity index is 638. The van der Waals surface area contributed by atoms with Crippen LogP contribution < -0.4 is 10.1 Å². The molecular formula is C22H36N4O2. The molecule has 28 heavy (non-hydrogen) atoms. The predicted octanol–water partition coefficient (Wildman–Crippen LogP) is 2.77. The normalized spacial score (nSPS) is 21.6. The summed E-state index contributed by atoms with van der Waals surface area (Å²) in [7, 11) is 1.71. The van der Waals surface area contributed by atoms with Crippen LogP contribution in [0.3, 0.4) is 0 Å². The van der Waals surface area contributed by atoms with Crippen LogP contribution in [0.5, 0.6) is 5.75 Å². The molecule has 0 amide bonds. The fraction of sp³-hybridized carbons (Fsp3) is 0.682. The number of rotatable bonds is 6. The van der Waals surface area contributed by atoms with Gasteiger partial charge in [0, 0.05) is 32.7 Å². The predicted molar refractivity (Wildman–Crippen MR) is 114 cm³/mol. The Morgan fingerprint density at radius 3 is 2.50 bits per heavy atom. The van der Waals surface area contributed by atoms with E-state index in [0.717, 1.165) is 64.2 Å². The summed E-state index contributed by atoms with van der Waals surface area (Å²) in [5, 5.41) is 3.50. The Morgan fingerprint density at radius 1 is 1.21 bits per heavy atom. The van der Waals surface area contributed by atoms with Crippen molar-refractivity contribution in [2.45, 2.75) is 33.2 Å². The number of likely N-dealkylation sites (tertiary alicyclic amines) is 1. The number of aliphatic imine (C=N–C) groups is 1. The first-order valence-corrected chi connectivity index (χ1v) is 10.5. The standard InChI is InChI=1S/C22H36N4O2/c1-5-23-21(26-11-10-22(2,3)17-26)24-16-20(25-12-14-28-15-13-25)18-6-8-19(27-4)9-7-18/h6-9,20H,5,10-17H2,1-4H3,(H,23,24). The smallest absolute Gasteiger partial charge is 0.194 e. The summed E-state index contributed by atoms with van der Waals surface area (Å²) >= 11 is 0. The lowest BCUT2D eigenvalue weighted by molar-refractivity contribution is 0.0179. The van der Waals surface area contributed by atoms with E-state index in [1.807, 2.05) is 12.1 Å². The van der Waals surface area contributed by atoms with Gasteiger partial charge in [0.2, 0.25) is 0 Å². The largest absolute Gasteiger partial charge is 0.497 e. The van der Waals surface area contributed by atoms with Crippen LogP contribution in [0.4, 0.5) is 0 Å². The molecule has 2 heterocycles. The summed E-state index contributed by atoms with van der Waals surface area (Å²) in [5.41, 5.74) is 1.64. The van der Waals surface area contributed by atoms with Gasteiger partial charge in [-0.25, -0.2) is 0 Å². The first-order valence-electron chi connectivity index (χ1n) is 10.5. The third-order valence-corrected chi connectivity index (χ3v) is 5.71. The minimum absolute atomic E-state index is 0.249. The zero-order chi connectivity index (χ0) is 20.0. The Balaban J connectivity index is 1.79. The van der Waals surface area contributed by atoms with Crippen molar-refractivity contribution in [1.29, 1.82) is 0 Å². The molecular weight excluding hydrogens is 352 g/mol. The third-order valence-electron chi connectivity index (χ3n) is 5.71. The zero-order valence-electron chi connectivity index (χ0n) is 17.9. The summed E-state index contributed by atoms with van der Waals surface area (Å²) < 4.78 is 10.9. The second-order valence-corrected chi connectivity index (χ2v) is 8.47. The van der Waals surface area contributed by atoms with Gasteiger partial charge in [-0.1, -0.05) is 26.0 Å². The van der Waals surface area contributed by atoms with Gasteiger partial charge in [-0.05, 0) is 36.5 Å². The molecule has 1 aromatic carbocycles. The number of ether oxygens (including phenoxy) is 2. The third kappa shape index (κ3) is 5.39. The molecule has 1 unspecified atom stereocenters. The molecule has 6 nitrogen and oxygen atoms in total. The lowest BCUT2D eigenvalue weighted by Crippen LogP contribution is -2.43. The van der Waals surface area contributed by atoms with E-state index in [1.165, 1.54) is 12.0 Å². The molecule has 1 atom stereocenters. The average molecular weight is 389 g/mol. The van der Waals surface area contributed by atoms with E-state index in [2.05, 4.69) is 48.0 Å². The van der Waals surface area contributed by atoms with Gasteiger partial charge in [0.05, 0.1) is 32.9 Å². The SMILES string of the molecule is CCNC(=NCC(c1ccc(OC)cc1)N1CCOCC1)N1CCC(C)(C)C1. The molecule has 2 fully saturated rings. The van der Waals surface area contributed by atoms with E-state index in [9.17, 15) is 0 Å². The average Bonchev–Trinajstić information content (AvgIpc) is 3.08. The van der Waals surface area contributed by atoms with Crippen molar-refractivity contribution < 1.29 is 9.47 Å².